The van der Waals surface area contributed by atoms with Crippen LogP contribution in [0, 0.1) is 0 Å². The number of hydrogen-bond donors (Lipinski definition) is 1. The van der Waals surface area contributed by atoms with E-state index in [2.05, 4.69) is 15.9 Å². The van der Waals surface area contributed by atoms with Crippen molar-refractivity contribution in [2.24, 2.45) is 5.73 Å². The molecular formula is C8H10BrNOS. The Labute approximate surface area is 83.9 Å². The van der Waals surface area contributed by atoms with Crippen molar-refractivity contribution in [3.05, 3.63) is 20.8 Å². The van der Waals surface area contributed by atoms with Crippen LogP contribution in [0.1, 0.15) is 24.3 Å². The lowest BCUT2D eigenvalue weighted by Gasteiger charge is -2.05. The SMILES string of the molecule is CC(=O)CC(N)c1cc(Br)cs1. The van der Waals surface area contributed by atoms with Crippen molar-refractivity contribution in [3.63, 3.8) is 0 Å². The monoisotopic (exact) mass is 247 g/mol. The number of Topliss-reactive ketones (excluding diaryl/α,β-unsaturated/α-hetero) is 1. The molecule has 0 fully saturated rings. The highest BCUT2D eigenvalue weighted by atomic mass is 79.9. The summed E-state index contributed by atoms with van der Waals surface area (Å²) in [7, 11) is 0. The average molecular weight is 248 g/mol. The molecule has 1 rings (SSSR count). The van der Waals surface area contributed by atoms with E-state index in [-0.39, 0.29) is 11.8 Å². The highest BCUT2D eigenvalue weighted by molar-refractivity contribution is 9.10. The molecule has 4 heteroatoms. The molecule has 0 spiro atoms. The van der Waals surface area contributed by atoms with Crippen LogP contribution in [0.25, 0.3) is 0 Å². The van der Waals surface area contributed by atoms with Crippen LogP contribution in [0.15, 0.2) is 15.9 Å². The second kappa shape index (κ2) is 4.16. The lowest BCUT2D eigenvalue weighted by molar-refractivity contribution is -0.117. The van der Waals surface area contributed by atoms with E-state index in [0.29, 0.717) is 6.42 Å². The number of ketones is 1. The molecule has 1 aromatic heterocycles. The lowest BCUT2D eigenvalue weighted by atomic mass is 10.1. The summed E-state index contributed by atoms with van der Waals surface area (Å²) < 4.78 is 1.03. The van der Waals surface area contributed by atoms with Gasteiger partial charge in [0.2, 0.25) is 0 Å². The Kier molecular flexibility index (Phi) is 3.43. The van der Waals surface area contributed by atoms with Crippen LogP contribution in [0.4, 0.5) is 0 Å². The minimum Gasteiger partial charge on any atom is -0.323 e. The summed E-state index contributed by atoms with van der Waals surface area (Å²) in [6, 6.07) is 1.82. The van der Waals surface area contributed by atoms with Crippen molar-refractivity contribution in [1.82, 2.24) is 0 Å². The van der Waals surface area contributed by atoms with E-state index >= 15 is 0 Å². The second-order valence-corrected chi connectivity index (χ2v) is 4.54. The molecule has 0 aliphatic carbocycles. The molecule has 12 heavy (non-hydrogen) atoms. The van der Waals surface area contributed by atoms with Gasteiger partial charge in [-0.15, -0.1) is 11.3 Å². The molecule has 66 valence electrons. The minimum atomic E-state index is -0.140. The first-order valence-electron chi connectivity index (χ1n) is 3.58. The standard InChI is InChI=1S/C8H10BrNOS/c1-5(11)2-7(10)8-3-6(9)4-12-8/h3-4,7H,2,10H2,1H3. The molecule has 1 unspecified atom stereocenters. The summed E-state index contributed by atoms with van der Waals surface area (Å²) >= 11 is 4.91. The van der Waals surface area contributed by atoms with E-state index in [0.717, 1.165) is 9.35 Å². The molecule has 0 amide bonds. The van der Waals surface area contributed by atoms with E-state index in [9.17, 15) is 4.79 Å². The Bertz CT molecular complexity index is 284. The Morgan fingerprint density at radius 2 is 2.50 bits per heavy atom. The predicted molar refractivity (Wildman–Crippen MR) is 54.2 cm³/mol. The van der Waals surface area contributed by atoms with Crippen molar-refractivity contribution in [2.45, 2.75) is 19.4 Å². The fourth-order valence-corrected chi connectivity index (χ4v) is 2.38. The summed E-state index contributed by atoms with van der Waals surface area (Å²) in [6.07, 6.45) is 0.424. The molecular weight excluding hydrogens is 238 g/mol. The third kappa shape index (κ3) is 2.69. The third-order valence-corrected chi connectivity index (χ3v) is 3.29. The van der Waals surface area contributed by atoms with Crippen molar-refractivity contribution in [2.75, 3.05) is 0 Å². The fourth-order valence-electron chi connectivity index (χ4n) is 0.933. The molecule has 0 radical (unpaired) electrons. The minimum absolute atomic E-state index is 0.132. The van der Waals surface area contributed by atoms with Gasteiger partial charge in [0.15, 0.2) is 0 Å². The third-order valence-electron chi connectivity index (χ3n) is 1.46. The van der Waals surface area contributed by atoms with Crippen molar-refractivity contribution >= 4 is 33.0 Å². The molecule has 0 aromatic carbocycles. The summed E-state index contributed by atoms with van der Waals surface area (Å²) in [4.78, 5) is 11.8. The molecule has 0 aliphatic heterocycles. The smallest absolute Gasteiger partial charge is 0.131 e. The van der Waals surface area contributed by atoms with E-state index in [1.54, 1.807) is 18.3 Å². The topological polar surface area (TPSA) is 43.1 Å². The maximum Gasteiger partial charge on any atom is 0.131 e. The maximum absolute atomic E-state index is 10.7. The fraction of sp³-hybridized carbons (Fsp3) is 0.375. The Hall–Kier alpha value is -0.190. The first-order chi connectivity index (χ1) is 5.59. The molecule has 0 saturated carbocycles. The van der Waals surface area contributed by atoms with Crippen LogP contribution in [0.2, 0.25) is 0 Å². The van der Waals surface area contributed by atoms with Gasteiger partial charge in [-0.05, 0) is 28.9 Å². The van der Waals surface area contributed by atoms with E-state index in [4.69, 9.17) is 5.73 Å². The first-order valence-corrected chi connectivity index (χ1v) is 5.26. The molecule has 2 N–H and O–H groups in total. The van der Waals surface area contributed by atoms with Gasteiger partial charge in [0.25, 0.3) is 0 Å². The number of halogens is 1. The van der Waals surface area contributed by atoms with Crippen LogP contribution < -0.4 is 5.73 Å². The molecule has 1 atom stereocenters. The van der Waals surface area contributed by atoms with Crippen molar-refractivity contribution < 1.29 is 4.79 Å². The molecule has 0 saturated heterocycles. The van der Waals surface area contributed by atoms with Crippen LogP contribution in [-0.2, 0) is 4.79 Å². The second-order valence-electron chi connectivity index (χ2n) is 2.68. The Balaban J connectivity index is 2.64. The van der Waals surface area contributed by atoms with Gasteiger partial charge in [-0.3, -0.25) is 4.79 Å². The quantitative estimate of drug-likeness (QED) is 0.892. The van der Waals surface area contributed by atoms with Gasteiger partial charge < -0.3 is 5.73 Å². The van der Waals surface area contributed by atoms with Gasteiger partial charge in [0.05, 0.1) is 0 Å². The Morgan fingerprint density at radius 3 is 2.92 bits per heavy atom. The zero-order valence-corrected chi connectivity index (χ0v) is 9.11. The summed E-state index contributed by atoms with van der Waals surface area (Å²) in [6.45, 7) is 1.56. The highest BCUT2D eigenvalue weighted by Gasteiger charge is 2.10. The van der Waals surface area contributed by atoms with Gasteiger partial charge in [0, 0.05) is 27.2 Å². The number of thiophene rings is 1. The van der Waals surface area contributed by atoms with Crippen LogP contribution in [0.5, 0.6) is 0 Å². The van der Waals surface area contributed by atoms with Gasteiger partial charge in [-0.1, -0.05) is 0 Å². The average Bonchev–Trinajstić information content (AvgIpc) is 2.34. The van der Waals surface area contributed by atoms with E-state index in [1.807, 2.05) is 11.4 Å². The largest absolute Gasteiger partial charge is 0.323 e. The van der Waals surface area contributed by atoms with Crippen molar-refractivity contribution in [3.8, 4) is 0 Å². The van der Waals surface area contributed by atoms with Gasteiger partial charge in [0.1, 0.15) is 5.78 Å². The predicted octanol–water partition coefficient (Wildman–Crippen LogP) is 2.49. The van der Waals surface area contributed by atoms with Gasteiger partial charge in [-0.2, -0.15) is 0 Å². The van der Waals surface area contributed by atoms with Crippen LogP contribution in [0.3, 0.4) is 0 Å². The molecule has 0 bridgehead atoms. The summed E-state index contributed by atoms with van der Waals surface area (Å²) in [5.41, 5.74) is 5.78. The number of hydrogen-bond acceptors (Lipinski definition) is 3. The number of carbonyl (C=O) groups is 1. The number of nitrogens with two attached hydrogens (primary N) is 1. The molecule has 1 aromatic rings. The van der Waals surface area contributed by atoms with Crippen molar-refractivity contribution in [1.29, 1.82) is 0 Å². The highest BCUT2D eigenvalue weighted by Crippen LogP contribution is 2.25. The Morgan fingerprint density at radius 1 is 1.83 bits per heavy atom. The number of carbonyl (C=O) groups excluding carboxylic acids is 1. The molecule has 2 nitrogen and oxygen atoms in total. The van der Waals surface area contributed by atoms with Crippen LogP contribution in [-0.4, -0.2) is 5.78 Å². The first kappa shape index (κ1) is 9.89. The van der Waals surface area contributed by atoms with E-state index < -0.39 is 0 Å². The lowest BCUT2D eigenvalue weighted by Crippen LogP contribution is -2.12. The summed E-state index contributed by atoms with van der Waals surface area (Å²) in [5, 5.41) is 1.97. The zero-order chi connectivity index (χ0) is 9.14. The van der Waals surface area contributed by atoms with Crippen LogP contribution >= 0.6 is 27.3 Å². The maximum atomic E-state index is 10.7. The number of rotatable bonds is 3. The molecule has 1 heterocycles. The normalized spacial score (nSPS) is 12.9. The molecule has 0 aliphatic rings. The summed E-state index contributed by atoms with van der Waals surface area (Å²) in [5.74, 6) is 0.132. The van der Waals surface area contributed by atoms with E-state index in [1.165, 1.54) is 0 Å². The van der Waals surface area contributed by atoms with Gasteiger partial charge in [-0.25, -0.2) is 0 Å². The van der Waals surface area contributed by atoms with Gasteiger partial charge >= 0.3 is 0 Å². The zero-order valence-electron chi connectivity index (χ0n) is 6.71.